The molecule has 9 nitrogen and oxygen atoms in total. The van der Waals surface area contributed by atoms with Gasteiger partial charge in [0, 0.05) is 18.5 Å². The molecule has 10 heteroatoms. The molecule has 1 atom stereocenters. The molecule has 3 aromatic rings. The van der Waals surface area contributed by atoms with Gasteiger partial charge in [-0.1, -0.05) is 54.6 Å². The number of sulfonamides is 1. The largest absolute Gasteiger partial charge is 0.497 e. The summed E-state index contributed by atoms with van der Waals surface area (Å²) in [5.41, 5.74) is 1.25. The van der Waals surface area contributed by atoms with Gasteiger partial charge in [-0.3, -0.25) is 13.9 Å². The van der Waals surface area contributed by atoms with Crippen LogP contribution in [0.25, 0.3) is 0 Å². The van der Waals surface area contributed by atoms with Crippen molar-refractivity contribution in [3.8, 4) is 11.5 Å². The minimum atomic E-state index is -3.91. The predicted molar refractivity (Wildman–Crippen MR) is 161 cm³/mol. The maximum absolute atomic E-state index is 14.2. The lowest BCUT2D eigenvalue weighted by molar-refractivity contribution is -0.140. The number of methoxy groups -OCH3 is 2. The van der Waals surface area contributed by atoms with Crippen LogP contribution in [0.1, 0.15) is 31.9 Å². The topological polar surface area (TPSA) is 105 Å². The number of carbonyl (C=O) groups is 2. The van der Waals surface area contributed by atoms with Crippen LogP contribution in [-0.4, -0.2) is 63.7 Å². The Kier molecular flexibility index (Phi) is 10.4. The number of nitrogens with zero attached hydrogens (tertiary/aromatic N) is 2. The Bertz CT molecular complexity index is 1440. The van der Waals surface area contributed by atoms with E-state index in [0.717, 1.165) is 21.7 Å². The number of carbonyl (C=O) groups excluding carboxylic acids is 2. The molecule has 3 rings (SSSR count). The highest BCUT2D eigenvalue weighted by Crippen LogP contribution is 2.30. The Morgan fingerprint density at radius 1 is 0.878 bits per heavy atom. The molecule has 0 fully saturated rings. The van der Waals surface area contributed by atoms with Gasteiger partial charge in [0.1, 0.15) is 24.1 Å². The van der Waals surface area contributed by atoms with E-state index < -0.39 is 34.1 Å². The molecule has 3 aromatic carbocycles. The van der Waals surface area contributed by atoms with E-state index in [0.29, 0.717) is 11.5 Å². The van der Waals surface area contributed by atoms with Gasteiger partial charge < -0.3 is 19.7 Å². The van der Waals surface area contributed by atoms with Crippen LogP contribution in [0.15, 0.2) is 78.9 Å². The second-order valence-electron chi connectivity index (χ2n) is 10.8. The molecule has 0 spiro atoms. The Morgan fingerprint density at radius 2 is 1.51 bits per heavy atom. The first-order valence-corrected chi connectivity index (χ1v) is 15.1. The van der Waals surface area contributed by atoms with Crippen LogP contribution < -0.4 is 19.1 Å². The first kappa shape index (κ1) is 31.5. The second-order valence-corrected chi connectivity index (χ2v) is 12.7. The van der Waals surface area contributed by atoms with Crippen molar-refractivity contribution in [1.82, 2.24) is 10.2 Å². The van der Waals surface area contributed by atoms with Crippen molar-refractivity contribution >= 4 is 27.5 Å². The van der Waals surface area contributed by atoms with Gasteiger partial charge in [-0.05, 0) is 56.2 Å². The van der Waals surface area contributed by atoms with Crippen molar-refractivity contribution in [2.75, 3.05) is 31.3 Å². The molecule has 0 aliphatic rings. The first-order chi connectivity index (χ1) is 19.3. The number of ether oxygens (including phenoxy) is 2. The lowest BCUT2D eigenvalue weighted by Gasteiger charge is -2.35. The zero-order chi connectivity index (χ0) is 30.2. The summed E-state index contributed by atoms with van der Waals surface area (Å²) < 4.78 is 37.8. The lowest BCUT2D eigenvalue weighted by Crippen LogP contribution is -2.56. The summed E-state index contributed by atoms with van der Waals surface area (Å²) in [6.07, 6.45) is 1.26. The number of anilines is 1. The molecule has 1 N–H and O–H groups in total. The molecule has 0 aromatic heterocycles. The molecule has 0 aliphatic heterocycles. The summed E-state index contributed by atoms with van der Waals surface area (Å²) in [5.74, 6) is 0.00626. The summed E-state index contributed by atoms with van der Waals surface area (Å²) in [6, 6.07) is 22.3. The number of nitrogens with one attached hydrogen (secondary N) is 1. The molecule has 220 valence electrons. The van der Waals surface area contributed by atoms with Crippen molar-refractivity contribution in [3.63, 3.8) is 0 Å². The van der Waals surface area contributed by atoms with Crippen molar-refractivity contribution in [2.45, 2.75) is 45.3 Å². The van der Waals surface area contributed by atoms with Gasteiger partial charge in [0.25, 0.3) is 0 Å². The molecule has 2 amide bonds. The first-order valence-electron chi connectivity index (χ1n) is 13.2. The number of hydrogen-bond donors (Lipinski definition) is 1. The highest BCUT2D eigenvalue weighted by Gasteiger charge is 2.34. The smallest absolute Gasteiger partial charge is 0.244 e. The predicted octanol–water partition coefficient (Wildman–Crippen LogP) is 4.02. The van der Waals surface area contributed by atoms with Crippen LogP contribution in [-0.2, 0) is 32.6 Å². The summed E-state index contributed by atoms with van der Waals surface area (Å²) in [6.45, 7) is 5.12. The summed E-state index contributed by atoms with van der Waals surface area (Å²) >= 11 is 0. The van der Waals surface area contributed by atoms with Crippen LogP contribution in [0.3, 0.4) is 0 Å². The number of para-hydroxylation sites is 2. The molecule has 0 saturated heterocycles. The lowest BCUT2D eigenvalue weighted by atomic mass is 10.0. The molecule has 0 aliphatic carbocycles. The van der Waals surface area contributed by atoms with Crippen LogP contribution in [0, 0.1) is 0 Å². The molecular formula is C31H39N3O6S. The monoisotopic (exact) mass is 581 g/mol. The highest BCUT2D eigenvalue weighted by molar-refractivity contribution is 7.92. The van der Waals surface area contributed by atoms with Crippen molar-refractivity contribution in [3.05, 3.63) is 90.0 Å². The molecule has 1 unspecified atom stereocenters. The van der Waals surface area contributed by atoms with Crippen molar-refractivity contribution < 1.29 is 27.5 Å². The Balaban J connectivity index is 2.11. The van der Waals surface area contributed by atoms with E-state index in [1.807, 2.05) is 57.2 Å². The van der Waals surface area contributed by atoms with E-state index in [1.54, 1.807) is 49.6 Å². The van der Waals surface area contributed by atoms with Gasteiger partial charge in [-0.2, -0.15) is 0 Å². The molecular weight excluding hydrogens is 542 g/mol. The Hall–Kier alpha value is -4.05. The number of hydrogen-bond acceptors (Lipinski definition) is 6. The Morgan fingerprint density at radius 3 is 2.12 bits per heavy atom. The van der Waals surface area contributed by atoms with E-state index >= 15 is 0 Å². The summed E-state index contributed by atoms with van der Waals surface area (Å²) in [7, 11) is -0.928. The number of amides is 2. The third-order valence-electron chi connectivity index (χ3n) is 6.29. The second kappa shape index (κ2) is 13.5. The normalized spacial score (nSPS) is 12.2. The van der Waals surface area contributed by atoms with Crippen molar-refractivity contribution in [1.29, 1.82) is 0 Å². The standard InChI is InChI=1S/C31H39N3O6S/c1-31(2,3)32-30(36)27(20-23-13-8-7-9-14-23)33(21-24-15-12-16-25(19-24)39-4)29(35)22-34(41(6,37)38)26-17-10-11-18-28(26)40-5/h7-19,27H,20-22H2,1-6H3,(H,32,36). The number of benzene rings is 3. The maximum atomic E-state index is 14.2. The third-order valence-corrected chi connectivity index (χ3v) is 7.42. The van der Waals surface area contributed by atoms with Gasteiger partial charge in [0.2, 0.25) is 21.8 Å². The maximum Gasteiger partial charge on any atom is 0.244 e. The third kappa shape index (κ3) is 8.97. The van der Waals surface area contributed by atoms with E-state index in [2.05, 4.69) is 5.32 Å². The summed E-state index contributed by atoms with van der Waals surface area (Å²) in [5, 5.41) is 3.01. The molecule has 0 bridgehead atoms. The van der Waals surface area contributed by atoms with Gasteiger partial charge in [-0.15, -0.1) is 0 Å². The van der Waals surface area contributed by atoms with E-state index in [9.17, 15) is 18.0 Å². The fourth-order valence-corrected chi connectivity index (χ4v) is 5.26. The van der Waals surface area contributed by atoms with Gasteiger partial charge in [0.15, 0.2) is 0 Å². The zero-order valence-corrected chi connectivity index (χ0v) is 25.3. The molecule has 41 heavy (non-hydrogen) atoms. The minimum absolute atomic E-state index is 0.0502. The molecule has 0 radical (unpaired) electrons. The van der Waals surface area contributed by atoms with E-state index in [-0.39, 0.29) is 24.6 Å². The fraction of sp³-hybridized carbons (Fsp3) is 0.355. The van der Waals surface area contributed by atoms with Crippen LogP contribution in [0.4, 0.5) is 5.69 Å². The average molecular weight is 582 g/mol. The van der Waals surface area contributed by atoms with Crippen LogP contribution in [0.2, 0.25) is 0 Å². The highest BCUT2D eigenvalue weighted by atomic mass is 32.2. The van der Waals surface area contributed by atoms with E-state index in [4.69, 9.17) is 9.47 Å². The SMILES string of the molecule is COc1cccc(CN(C(=O)CN(c2ccccc2OC)S(C)(=O)=O)C(Cc2ccccc2)C(=O)NC(C)(C)C)c1. The Labute approximate surface area is 243 Å². The van der Waals surface area contributed by atoms with Gasteiger partial charge in [-0.25, -0.2) is 8.42 Å². The quantitative estimate of drug-likeness (QED) is 0.346. The minimum Gasteiger partial charge on any atom is -0.497 e. The van der Waals surface area contributed by atoms with Gasteiger partial charge in [0.05, 0.1) is 26.2 Å². The zero-order valence-electron chi connectivity index (χ0n) is 24.5. The van der Waals surface area contributed by atoms with Crippen LogP contribution in [0.5, 0.6) is 11.5 Å². The average Bonchev–Trinajstić information content (AvgIpc) is 2.92. The fourth-order valence-electron chi connectivity index (χ4n) is 4.40. The molecule has 0 saturated carbocycles. The van der Waals surface area contributed by atoms with Crippen molar-refractivity contribution in [2.24, 2.45) is 0 Å². The molecule has 0 heterocycles. The van der Waals surface area contributed by atoms with Crippen LogP contribution >= 0.6 is 0 Å². The summed E-state index contributed by atoms with van der Waals surface area (Å²) in [4.78, 5) is 29.4. The van der Waals surface area contributed by atoms with E-state index in [1.165, 1.54) is 12.0 Å². The number of rotatable bonds is 12. The van der Waals surface area contributed by atoms with Gasteiger partial charge >= 0.3 is 0 Å².